The van der Waals surface area contributed by atoms with Gasteiger partial charge < -0.3 is 5.73 Å². The first-order valence-electron chi connectivity index (χ1n) is 11.3. The molecule has 0 saturated heterocycles. The van der Waals surface area contributed by atoms with Gasteiger partial charge in [-0.25, -0.2) is 18.2 Å². The van der Waals surface area contributed by atoms with Gasteiger partial charge in [0.25, 0.3) is 0 Å². The number of carbonyl (C=O) groups is 1. The maximum atomic E-state index is 14.7. The summed E-state index contributed by atoms with van der Waals surface area (Å²) in [5, 5.41) is 0. The van der Waals surface area contributed by atoms with Gasteiger partial charge in [0.15, 0.2) is 5.78 Å². The van der Waals surface area contributed by atoms with Gasteiger partial charge in [-0.3, -0.25) is 14.0 Å². The molecule has 2 heterocycles. The van der Waals surface area contributed by atoms with Crippen LogP contribution in [0.2, 0.25) is 0 Å². The number of nitrogens with zero attached hydrogens (tertiary/aromatic N) is 2. The second-order valence-electron chi connectivity index (χ2n) is 9.19. The van der Waals surface area contributed by atoms with E-state index >= 15 is 0 Å². The first kappa shape index (κ1) is 25.2. The molecule has 0 unspecified atom stereocenters. The smallest absolute Gasteiger partial charge is 0.185 e. The molecule has 1 aliphatic carbocycles. The highest BCUT2D eigenvalue weighted by molar-refractivity contribution is 7.84. The van der Waals surface area contributed by atoms with Crippen LogP contribution in [0, 0.1) is 23.4 Å². The van der Waals surface area contributed by atoms with Gasteiger partial charge in [0.2, 0.25) is 0 Å². The number of pyridine rings is 2. The van der Waals surface area contributed by atoms with E-state index in [1.807, 2.05) is 6.07 Å². The molecule has 4 rings (SSSR count). The van der Waals surface area contributed by atoms with E-state index in [9.17, 15) is 22.2 Å². The molecule has 0 aliphatic heterocycles. The van der Waals surface area contributed by atoms with Gasteiger partial charge in [-0.15, -0.1) is 0 Å². The lowest BCUT2D eigenvalue weighted by Crippen LogP contribution is -2.31. The number of nitrogens with two attached hydrogens (primary N) is 1. The Labute approximate surface area is 204 Å². The Kier molecular flexibility index (Phi) is 7.47. The number of ketones is 1. The third-order valence-corrected chi connectivity index (χ3v) is 7.33. The summed E-state index contributed by atoms with van der Waals surface area (Å²) >= 11 is 0. The highest BCUT2D eigenvalue weighted by atomic mass is 32.2. The van der Waals surface area contributed by atoms with E-state index in [4.69, 9.17) is 5.73 Å². The van der Waals surface area contributed by atoms with Crippen molar-refractivity contribution in [3.8, 4) is 11.3 Å². The minimum atomic E-state index is -1.63. The predicted octanol–water partition coefficient (Wildman–Crippen LogP) is 4.95. The first-order valence-corrected chi connectivity index (χ1v) is 12.9. The minimum absolute atomic E-state index is 0.0416. The van der Waals surface area contributed by atoms with Crippen LogP contribution in [0.3, 0.4) is 0 Å². The van der Waals surface area contributed by atoms with Crippen LogP contribution in [0.25, 0.3) is 11.3 Å². The lowest BCUT2D eigenvalue weighted by molar-refractivity contribution is 0.0987. The Morgan fingerprint density at radius 1 is 1.09 bits per heavy atom. The van der Waals surface area contributed by atoms with Gasteiger partial charge in [-0.05, 0) is 72.6 Å². The molecule has 1 aliphatic rings. The largest absolute Gasteiger partial charge is 0.328 e. The van der Waals surface area contributed by atoms with Crippen LogP contribution in [0.1, 0.15) is 53.7 Å². The van der Waals surface area contributed by atoms with Crippen molar-refractivity contribution >= 4 is 16.6 Å². The summed E-state index contributed by atoms with van der Waals surface area (Å²) < 4.78 is 55.5. The van der Waals surface area contributed by atoms with Gasteiger partial charge >= 0.3 is 0 Å². The summed E-state index contributed by atoms with van der Waals surface area (Å²) in [4.78, 5) is 21.2. The van der Waals surface area contributed by atoms with Crippen LogP contribution in [0.5, 0.6) is 0 Å². The minimum Gasteiger partial charge on any atom is -0.328 e. The molecule has 9 heteroatoms. The lowest BCUT2D eigenvalue weighted by Gasteiger charge is -2.32. The molecule has 2 aromatic heterocycles. The van der Waals surface area contributed by atoms with Crippen molar-refractivity contribution in [2.24, 2.45) is 11.7 Å². The average Bonchev–Trinajstić information content (AvgIpc) is 2.79. The van der Waals surface area contributed by atoms with E-state index in [-0.39, 0.29) is 29.0 Å². The molecule has 5 nitrogen and oxygen atoms in total. The van der Waals surface area contributed by atoms with Gasteiger partial charge in [0.1, 0.15) is 28.8 Å². The third-order valence-electron chi connectivity index (χ3n) is 6.43. The summed E-state index contributed by atoms with van der Waals surface area (Å²) in [6, 6.07) is 5.89. The quantitative estimate of drug-likeness (QED) is 0.483. The predicted molar refractivity (Wildman–Crippen MR) is 128 cm³/mol. The normalized spacial score (nSPS) is 21.0. The second kappa shape index (κ2) is 10.4. The molecule has 1 fully saturated rings. The number of hydrogen-bond donors (Lipinski definition) is 1. The second-order valence-corrected chi connectivity index (χ2v) is 10.6. The van der Waals surface area contributed by atoms with E-state index in [2.05, 4.69) is 16.9 Å². The van der Waals surface area contributed by atoms with Gasteiger partial charge in [-0.2, -0.15) is 0 Å². The maximum absolute atomic E-state index is 14.7. The molecule has 0 spiro atoms. The van der Waals surface area contributed by atoms with Gasteiger partial charge in [0.05, 0.1) is 5.56 Å². The van der Waals surface area contributed by atoms with E-state index in [0.29, 0.717) is 5.92 Å². The monoisotopic (exact) mass is 501 g/mol. The SMILES string of the molecule is C[C@@H]1C[C@H](N)C[C@H](c2ccncc2CC(=O)c2ccc(F)c(-c3c(F)cc([S@](C)=O)cc3F)n2)C1. The number of rotatable bonds is 6. The third kappa shape index (κ3) is 5.51. The fourth-order valence-corrected chi connectivity index (χ4v) is 5.41. The van der Waals surface area contributed by atoms with Crippen molar-refractivity contribution in [2.75, 3.05) is 6.26 Å². The standard InChI is InChI=1S/C26H26F3N3O2S/c1-14-7-15(9-17(30)8-14)19-5-6-31-13-16(19)10-24(33)23-4-3-20(27)26(32-23)25-21(28)11-18(35(2)34)12-22(25)29/h3-6,11-15,17H,7-10,30H2,1-2H3/t14-,15+,17-,35-/m0/s1. The number of aromatic nitrogens is 2. The highest BCUT2D eigenvalue weighted by Gasteiger charge is 2.28. The number of benzene rings is 1. The summed E-state index contributed by atoms with van der Waals surface area (Å²) in [6.07, 6.45) is 7.27. The van der Waals surface area contributed by atoms with Crippen LogP contribution in [-0.2, 0) is 17.2 Å². The summed E-state index contributed by atoms with van der Waals surface area (Å²) in [5.41, 5.74) is 6.51. The maximum Gasteiger partial charge on any atom is 0.185 e. The van der Waals surface area contributed by atoms with Crippen LogP contribution >= 0.6 is 0 Å². The number of halogens is 3. The van der Waals surface area contributed by atoms with Crippen LogP contribution < -0.4 is 5.73 Å². The molecule has 1 aromatic carbocycles. The number of Topliss-reactive ketones (excluding diaryl/α,β-unsaturated/α-hetero) is 1. The lowest BCUT2D eigenvalue weighted by atomic mass is 9.75. The van der Waals surface area contributed by atoms with Gasteiger partial charge in [-0.1, -0.05) is 6.92 Å². The molecule has 0 bridgehead atoms. The number of carbonyl (C=O) groups excluding carboxylic acids is 1. The van der Waals surface area contributed by atoms with E-state index in [1.54, 1.807) is 12.4 Å². The van der Waals surface area contributed by atoms with E-state index in [1.165, 1.54) is 12.3 Å². The van der Waals surface area contributed by atoms with Crippen molar-refractivity contribution in [3.63, 3.8) is 0 Å². The van der Waals surface area contributed by atoms with Gasteiger partial charge in [0, 0.05) is 46.8 Å². The molecular weight excluding hydrogens is 475 g/mol. The molecule has 4 atom stereocenters. The molecule has 35 heavy (non-hydrogen) atoms. The van der Waals surface area contributed by atoms with Crippen LogP contribution in [-0.4, -0.2) is 32.3 Å². The Balaban J connectivity index is 1.65. The zero-order valence-electron chi connectivity index (χ0n) is 19.4. The molecule has 2 N–H and O–H groups in total. The average molecular weight is 502 g/mol. The van der Waals surface area contributed by atoms with Crippen molar-refractivity contribution < 1.29 is 22.2 Å². The summed E-state index contributed by atoms with van der Waals surface area (Å²) in [7, 11) is -1.63. The Hall–Kier alpha value is -2.91. The Morgan fingerprint density at radius 3 is 2.46 bits per heavy atom. The first-order chi connectivity index (χ1) is 16.6. The number of hydrogen-bond acceptors (Lipinski definition) is 5. The van der Waals surface area contributed by atoms with Crippen LogP contribution in [0.4, 0.5) is 13.2 Å². The molecule has 1 saturated carbocycles. The van der Waals surface area contributed by atoms with E-state index < -0.39 is 45.3 Å². The zero-order chi connectivity index (χ0) is 25.3. The van der Waals surface area contributed by atoms with Crippen molar-refractivity contribution in [3.05, 3.63) is 77.0 Å². The van der Waals surface area contributed by atoms with Crippen molar-refractivity contribution in [2.45, 2.75) is 49.5 Å². The molecule has 3 aromatic rings. The summed E-state index contributed by atoms with van der Waals surface area (Å²) in [6.45, 7) is 2.16. The van der Waals surface area contributed by atoms with Crippen molar-refractivity contribution in [1.82, 2.24) is 9.97 Å². The Bertz CT molecular complexity index is 1270. The highest BCUT2D eigenvalue weighted by Crippen LogP contribution is 2.37. The van der Waals surface area contributed by atoms with Crippen LogP contribution in [0.15, 0.2) is 47.6 Å². The fourth-order valence-electron chi connectivity index (χ4n) is 4.87. The van der Waals surface area contributed by atoms with Crippen molar-refractivity contribution in [1.29, 1.82) is 0 Å². The topological polar surface area (TPSA) is 85.9 Å². The molecule has 0 amide bonds. The Morgan fingerprint density at radius 2 is 1.80 bits per heavy atom. The molecule has 184 valence electrons. The molecular formula is C26H26F3N3O2S. The zero-order valence-corrected chi connectivity index (χ0v) is 20.2. The van der Waals surface area contributed by atoms with E-state index in [0.717, 1.165) is 48.6 Å². The molecule has 0 radical (unpaired) electrons. The summed E-state index contributed by atoms with van der Waals surface area (Å²) in [5.74, 6) is -2.96. The fraction of sp³-hybridized carbons (Fsp3) is 0.346.